The van der Waals surface area contributed by atoms with E-state index in [1.807, 2.05) is 6.92 Å². The van der Waals surface area contributed by atoms with Gasteiger partial charge in [0.25, 0.3) is 0 Å². The minimum atomic E-state index is 0.738. The van der Waals surface area contributed by atoms with E-state index in [1.54, 1.807) is 0 Å². The molecule has 112 valence electrons. The van der Waals surface area contributed by atoms with Crippen LogP contribution in [0, 0.1) is 19.8 Å². The van der Waals surface area contributed by atoms with E-state index in [0.717, 1.165) is 42.0 Å². The fourth-order valence-electron chi connectivity index (χ4n) is 2.97. The van der Waals surface area contributed by atoms with E-state index in [1.165, 1.54) is 19.5 Å². The first-order valence-electron chi connectivity index (χ1n) is 7.50. The zero-order chi connectivity index (χ0) is 14.7. The molecule has 0 aliphatic carbocycles. The molecule has 1 saturated heterocycles. The molecule has 1 aliphatic rings. The Bertz CT molecular complexity index is 460. The fourth-order valence-corrected chi connectivity index (χ4v) is 2.97. The van der Waals surface area contributed by atoms with Gasteiger partial charge in [0, 0.05) is 32.2 Å². The van der Waals surface area contributed by atoms with Crippen molar-refractivity contribution in [2.75, 3.05) is 50.5 Å². The third-order valence-electron chi connectivity index (χ3n) is 3.96. The number of hydrogen-bond acceptors (Lipinski definition) is 5. The Morgan fingerprint density at radius 1 is 1.35 bits per heavy atom. The van der Waals surface area contributed by atoms with Crippen LogP contribution in [0.3, 0.4) is 0 Å². The van der Waals surface area contributed by atoms with Crippen LogP contribution in [0.1, 0.15) is 24.7 Å². The van der Waals surface area contributed by atoms with Gasteiger partial charge in [-0.25, -0.2) is 9.97 Å². The number of likely N-dealkylation sites (tertiary alicyclic amines) is 1. The van der Waals surface area contributed by atoms with Gasteiger partial charge in [-0.2, -0.15) is 0 Å². The topological polar surface area (TPSA) is 44.3 Å². The van der Waals surface area contributed by atoms with E-state index in [-0.39, 0.29) is 0 Å². The molecule has 5 nitrogen and oxygen atoms in total. The molecule has 1 aromatic rings. The van der Waals surface area contributed by atoms with E-state index < -0.39 is 0 Å². The first-order valence-corrected chi connectivity index (χ1v) is 7.50. The Morgan fingerprint density at radius 2 is 2.10 bits per heavy atom. The van der Waals surface area contributed by atoms with Crippen LogP contribution < -0.4 is 10.2 Å². The third-order valence-corrected chi connectivity index (χ3v) is 3.96. The molecule has 2 heterocycles. The van der Waals surface area contributed by atoms with Crippen LogP contribution in [0.2, 0.25) is 0 Å². The second-order valence-corrected chi connectivity index (χ2v) is 5.90. The summed E-state index contributed by atoms with van der Waals surface area (Å²) in [6.45, 7) is 10.5. The van der Waals surface area contributed by atoms with E-state index in [0.29, 0.717) is 0 Å². The van der Waals surface area contributed by atoms with Crippen molar-refractivity contribution in [3.8, 4) is 0 Å². The number of anilines is 2. The molecule has 0 spiro atoms. The van der Waals surface area contributed by atoms with Crippen molar-refractivity contribution in [2.24, 2.45) is 5.92 Å². The molecule has 1 aromatic heterocycles. The molecule has 1 atom stereocenters. The molecule has 2 rings (SSSR count). The first kappa shape index (κ1) is 15.0. The Hall–Kier alpha value is -1.36. The Labute approximate surface area is 122 Å². The fraction of sp³-hybridized carbons (Fsp3) is 0.733. The summed E-state index contributed by atoms with van der Waals surface area (Å²) in [5, 5.41) is 3.33. The summed E-state index contributed by atoms with van der Waals surface area (Å²) >= 11 is 0. The van der Waals surface area contributed by atoms with Crippen molar-refractivity contribution in [1.29, 1.82) is 0 Å². The van der Waals surface area contributed by atoms with Crippen molar-refractivity contribution in [3.05, 3.63) is 11.4 Å². The van der Waals surface area contributed by atoms with Crippen LogP contribution in [-0.4, -0.2) is 55.1 Å². The molecule has 1 fully saturated rings. The van der Waals surface area contributed by atoms with Crippen LogP contribution in [0.25, 0.3) is 0 Å². The molecule has 1 N–H and O–H groups in total. The van der Waals surface area contributed by atoms with Crippen LogP contribution in [-0.2, 0) is 0 Å². The highest BCUT2D eigenvalue weighted by Crippen LogP contribution is 2.25. The van der Waals surface area contributed by atoms with Crippen molar-refractivity contribution in [1.82, 2.24) is 14.9 Å². The molecule has 1 unspecified atom stereocenters. The summed E-state index contributed by atoms with van der Waals surface area (Å²) in [5.41, 5.74) is 1.14. The van der Waals surface area contributed by atoms with E-state index in [9.17, 15) is 0 Å². The lowest BCUT2D eigenvalue weighted by Crippen LogP contribution is -2.29. The maximum Gasteiger partial charge on any atom is 0.137 e. The van der Waals surface area contributed by atoms with Gasteiger partial charge >= 0.3 is 0 Å². The van der Waals surface area contributed by atoms with Crippen molar-refractivity contribution >= 4 is 11.6 Å². The lowest BCUT2D eigenvalue weighted by atomic mass is 10.1. The minimum absolute atomic E-state index is 0.738. The molecule has 0 bridgehead atoms. The summed E-state index contributed by atoms with van der Waals surface area (Å²) in [6, 6.07) is 0. The lowest BCUT2D eigenvalue weighted by Gasteiger charge is -2.25. The largest absolute Gasteiger partial charge is 0.370 e. The van der Waals surface area contributed by atoms with Gasteiger partial charge in [0.1, 0.15) is 17.5 Å². The molecule has 0 aromatic carbocycles. The Morgan fingerprint density at radius 3 is 2.70 bits per heavy atom. The Kier molecular flexibility index (Phi) is 4.81. The number of aryl methyl sites for hydroxylation is 1. The number of nitrogens with one attached hydrogen (secondary N) is 1. The van der Waals surface area contributed by atoms with Crippen molar-refractivity contribution in [3.63, 3.8) is 0 Å². The second-order valence-electron chi connectivity index (χ2n) is 5.90. The standard InChI is InChI=1S/C15H27N5/c1-6-16-14-11(2)15(18-12(3)17-14)20(5)10-13-7-8-19(4)9-13/h13H,6-10H2,1-5H3,(H,16,17,18). The number of hydrogen-bond donors (Lipinski definition) is 1. The summed E-state index contributed by atoms with van der Waals surface area (Å²) in [5.74, 6) is 3.59. The molecular formula is C15H27N5. The van der Waals surface area contributed by atoms with Crippen LogP contribution in [0.4, 0.5) is 11.6 Å². The van der Waals surface area contributed by atoms with Crippen molar-refractivity contribution in [2.45, 2.75) is 27.2 Å². The summed E-state index contributed by atoms with van der Waals surface area (Å²) in [7, 11) is 4.34. The van der Waals surface area contributed by atoms with Crippen molar-refractivity contribution < 1.29 is 0 Å². The molecule has 0 saturated carbocycles. The van der Waals surface area contributed by atoms with E-state index >= 15 is 0 Å². The molecule has 0 amide bonds. The highest BCUT2D eigenvalue weighted by molar-refractivity contribution is 5.58. The minimum Gasteiger partial charge on any atom is -0.370 e. The van der Waals surface area contributed by atoms with Crippen LogP contribution in [0.5, 0.6) is 0 Å². The van der Waals surface area contributed by atoms with Gasteiger partial charge < -0.3 is 15.1 Å². The average Bonchev–Trinajstić information content (AvgIpc) is 2.79. The number of nitrogens with zero attached hydrogens (tertiary/aromatic N) is 4. The maximum atomic E-state index is 4.64. The monoisotopic (exact) mass is 277 g/mol. The van der Waals surface area contributed by atoms with E-state index in [4.69, 9.17) is 0 Å². The van der Waals surface area contributed by atoms with Gasteiger partial charge in [-0.1, -0.05) is 0 Å². The third kappa shape index (κ3) is 3.39. The predicted molar refractivity (Wildman–Crippen MR) is 84.5 cm³/mol. The van der Waals surface area contributed by atoms with E-state index in [2.05, 4.69) is 53.0 Å². The van der Waals surface area contributed by atoms with Gasteiger partial charge in [-0.15, -0.1) is 0 Å². The van der Waals surface area contributed by atoms with Gasteiger partial charge in [-0.05, 0) is 46.7 Å². The lowest BCUT2D eigenvalue weighted by molar-refractivity contribution is 0.395. The van der Waals surface area contributed by atoms with Gasteiger partial charge in [-0.3, -0.25) is 0 Å². The highest BCUT2D eigenvalue weighted by Gasteiger charge is 2.22. The number of aromatic nitrogens is 2. The molecule has 5 heteroatoms. The van der Waals surface area contributed by atoms with Gasteiger partial charge in [0.15, 0.2) is 0 Å². The highest BCUT2D eigenvalue weighted by atomic mass is 15.2. The maximum absolute atomic E-state index is 4.64. The molecule has 20 heavy (non-hydrogen) atoms. The average molecular weight is 277 g/mol. The zero-order valence-electron chi connectivity index (χ0n) is 13.4. The predicted octanol–water partition coefficient (Wildman–Crippen LogP) is 1.91. The molecular weight excluding hydrogens is 250 g/mol. The summed E-state index contributed by atoms with van der Waals surface area (Å²) in [4.78, 5) is 13.8. The van der Waals surface area contributed by atoms with Gasteiger partial charge in [0.05, 0.1) is 0 Å². The van der Waals surface area contributed by atoms with Crippen LogP contribution in [0.15, 0.2) is 0 Å². The summed E-state index contributed by atoms with van der Waals surface area (Å²) in [6.07, 6.45) is 1.28. The van der Waals surface area contributed by atoms with Gasteiger partial charge in [0.2, 0.25) is 0 Å². The zero-order valence-corrected chi connectivity index (χ0v) is 13.4. The quantitative estimate of drug-likeness (QED) is 0.891. The second kappa shape index (κ2) is 6.39. The molecule has 0 radical (unpaired) electrons. The smallest absolute Gasteiger partial charge is 0.137 e. The normalized spacial score (nSPS) is 19.4. The van der Waals surface area contributed by atoms with Crippen LogP contribution >= 0.6 is 0 Å². The summed E-state index contributed by atoms with van der Waals surface area (Å²) < 4.78 is 0. The number of rotatable bonds is 5. The Balaban J connectivity index is 2.14. The molecule has 1 aliphatic heterocycles. The first-order chi connectivity index (χ1) is 9.51. The SMILES string of the molecule is CCNc1nc(C)nc(N(C)CC2CCN(C)C2)c1C.